The second-order valence-electron chi connectivity index (χ2n) is 13.7. The Labute approximate surface area is 275 Å². The molecule has 0 aliphatic carbocycles. The van der Waals surface area contributed by atoms with Crippen molar-refractivity contribution in [1.82, 2.24) is 30.1 Å². The minimum Gasteiger partial charge on any atom is -0.378 e. The van der Waals surface area contributed by atoms with E-state index in [1.807, 2.05) is 9.80 Å². The van der Waals surface area contributed by atoms with Crippen LogP contribution >= 0.6 is 0 Å². The minimum absolute atomic E-state index is 0.0411. The fraction of sp³-hybridized carbons (Fsp3) is 0.690. The molecule has 48 heavy (non-hydrogen) atoms. The van der Waals surface area contributed by atoms with Crippen LogP contribution < -0.4 is 21.3 Å². The van der Waals surface area contributed by atoms with Crippen LogP contribution in [0.1, 0.15) is 37.3 Å². The molecule has 0 radical (unpaired) electrons. The van der Waals surface area contributed by atoms with Gasteiger partial charge in [-0.15, -0.1) is 0 Å². The van der Waals surface area contributed by atoms with Crippen LogP contribution in [0.2, 0.25) is 25.7 Å². The molecule has 0 aromatic carbocycles. The Kier molecular flexibility index (Phi) is 11.8. The summed E-state index contributed by atoms with van der Waals surface area (Å²) in [4.78, 5) is 42.1. The zero-order valence-corrected chi connectivity index (χ0v) is 28.4. The number of nitrogens with one attached hydrogen (secondary N) is 2. The first-order valence-corrected chi connectivity index (χ1v) is 19.3. The molecule has 2 aliphatic rings. The molecule has 1 spiro atoms. The smallest absolute Gasteiger partial charge is 0.378 e. The molecule has 1 amide bonds. The zero-order chi connectivity index (χ0) is 35.3. The molecular formula is C29H42F6N8O4Si. The van der Waals surface area contributed by atoms with Gasteiger partial charge in [0, 0.05) is 52.8 Å². The quantitative estimate of drug-likeness (QED) is 0.135. The summed E-state index contributed by atoms with van der Waals surface area (Å²) in [6.45, 7) is 10.2. The highest BCUT2D eigenvalue weighted by Gasteiger charge is 2.42. The second kappa shape index (κ2) is 15.1. The van der Waals surface area contributed by atoms with Crippen molar-refractivity contribution < 1.29 is 40.7 Å². The fourth-order valence-corrected chi connectivity index (χ4v) is 6.42. The summed E-state index contributed by atoms with van der Waals surface area (Å²) < 4.78 is 86.1. The first kappa shape index (κ1) is 37.5. The number of alkyl halides is 6. The van der Waals surface area contributed by atoms with E-state index >= 15 is 0 Å². The van der Waals surface area contributed by atoms with Crippen molar-refractivity contribution >= 4 is 25.6 Å². The molecule has 4 rings (SSSR count). The van der Waals surface area contributed by atoms with Gasteiger partial charge in [0.1, 0.15) is 12.3 Å². The molecule has 12 nitrogen and oxygen atoms in total. The lowest BCUT2D eigenvalue weighted by Crippen LogP contribution is -2.43. The van der Waals surface area contributed by atoms with E-state index in [2.05, 4.69) is 45.5 Å². The fourth-order valence-electron chi connectivity index (χ4n) is 5.67. The Morgan fingerprint density at radius 3 is 2.27 bits per heavy atom. The molecule has 2 saturated heterocycles. The lowest BCUT2D eigenvalue weighted by molar-refractivity contribution is -0.139. The number of ether oxygens (including phenoxy) is 1. The number of nitrogens with zero attached hydrogens (tertiary/aromatic N) is 6. The molecular weight excluding hydrogens is 666 g/mol. The number of likely N-dealkylation sites (tertiary alicyclic amines) is 1. The van der Waals surface area contributed by atoms with Gasteiger partial charge in [-0.25, -0.2) is 20.1 Å². The van der Waals surface area contributed by atoms with Gasteiger partial charge >= 0.3 is 12.4 Å². The van der Waals surface area contributed by atoms with Crippen LogP contribution in [0, 0.1) is 5.41 Å². The summed E-state index contributed by atoms with van der Waals surface area (Å²) in [6.07, 6.45) is -4.58. The van der Waals surface area contributed by atoms with Crippen molar-refractivity contribution in [2.45, 2.75) is 77.0 Å². The van der Waals surface area contributed by atoms with E-state index in [0.29, 0.717) is 37.5 Å². The number of hydrogen-bond acceptors (Lipinski definition) is 10. The Balaban J connectivity index is 1.20. The number of piperidine rings is 1. The molecule has 2 N–H and O–H groups in total. The van der Waals surface area contributed by atoms with Gasteiger partial charge in [-0.3, -0.25) is 19.3 Å². The Bertz CT molecular complexity index is 1440. The molecule has 2 aromatic rings. The van der Waals surface area contributed by atoms with Crippen LogP contribution in [0.25, 0.3) is 0 Å². The molecule has 1 atom stereocenters. The average Bonchev–Trinajstić information content (AvgIpc) is 3.36. The van der Waals surface area contributed by atoms with E-state index in [-0.39, 0.29) is 24.5 Å². The number of rotatable bonds is 13. The number of carbonyl (C=O) groups is 1. The number of anilines is 2. The molecule has 2 aliphatic heterocycles. The molecule has 2 fully saturated rings. The van der Waals surface area contributed by atoms with Crippen LogP contribution in [-0.2, 0) is 33.5 Å². The molecule has 268 valence electrons. The molecule has 19 heteroatoms. The Hall–Kier alpha value is -3.29. The van der Waals surface area contributed by atoms with Gasteiger partial charge in [0.25, 0.3) is 11.5 Å². The van der Waals surface area contributed by atoms with E-state index < -0.39 is 61.5 Å². The Morgan fingerprint density at radius 1 is 1.02 bits per heavy atom. The summed E-state index contributed by atoms with van der Waals surface area (Å²) >= 11 is 0. The third kappa shape index (κ3) is 10.4. The van der Waals surface area contributed by atoms with Gasteiger partial charge in [-0.1, -0.05) is 19.6 Å². The van der Waals surface area contributed by atoms with Gasteiger partial charge in [0.2, 0.25) is 5.95 Å². The number of aromatic nitrogens is 4. The number of amides is 1. The van der Waals surface area contributed by atoms with Gasteiger partial charge in [0.15, 0.2) is 0 Å². The SMILES string of the molecule is C[C@@H](CONC(=O)CN1CCC2(CCN(c3ncc(C(F)(F)F)cn3)CC2)C1)Nc1cnn(COCC[Si](C)(C)C)c(=O)c1C(F)(F)F. The third-order valence-corrected chi connectivity index (χ3v) is 10.1. The van der Waals surface area contributed by atoms with Gasteiger partial charge in [-0.05, 0) is 44.2 Å². The first-order chi connectivity index (χ1) is 22.4. The standard InChI is InChI=1S/C29H42F6N8O4Si/c1-20(39-22-15-38-43(19-46-11-12-48(2,3)4)25(45)24(22)29(33,34)35)17-47-40-23(44)16-41-8-5-27(18-41)6-9-42(10-7-27)26-36-13-21(14-37-26)28(30,31)32/h13-15,20,39H,5-12,16-19H2,1-4H3,(H,40,44)/t20-/m0/s1. The summed E-state index contributed by atoms with van der Waals surface area (Å²) in [5.74, 6) is -0.176. The molecule has 0 bridgehead atoms. The summed E-state index contributed by atoms with van der Waals surface area (Å²) in [7, 11) is -1.42. The average molecular weight is 709 g/mol. The van der Waals surface area contributed by atoms with Crippen molar-refractivity contribution in [3.63, 3.8) is 0 Å². The summed E-state index contributed by atoms with van der Waals surface area (Å²) in [5.41, 5.74) is -1.86. The van der Waals surface area contributed by atoms with Crippen LogP contribution in [0.15, 0.2) is 23.4 Å². The predicted molar refractivity (Wildman–Crippen MR) is 167 cm³/mol. The van der Waals surface area contributed by atoms with E-state index in [0.717, 1.165) is 43.9 Å². The highest BCUT2D eigenvalue weighted by atomic mass is 28.3. The number of halogens is 6. The maximum absolute atomic E-state index is 13.9. The van der Waals surface area contributed by atoms with Crippen LogP contribution in [0.4, 0.5) is 38.0 Å². The Morgan fingerprint density at radius 2 is 1.67 bits per heavy atom. The molecule has 2 aromatic heterocycles. The van der Waals surface area contributed by atoms with Gasteiger partial charge in [-0.2, -0.15) is 31.4 Å². The maximum Gasteiger partial charge on any atom is 0.423 e. The van der Waals surface area contributed by atoms with E-state index in [4.69, 9.17) is 9.57 Å². The lowest BCUT2D eigenvalue weighted by atomic mass is 9.78. The largest absolute Gasteiger partial charge is 0.423 e. The second-order valence-corrected chi connectivity index (χ2v) is 19.3. The molecule has 4 heterocycles. The predicted octanol–water partition coefficient (Wildman–Crippen LogP) is 4.22. The van der Waals surface area contributed by atoms with Gasteiger partial charge in [0.05, 0.1) is 30.6 Å². The lowest BCUT2D eigenvalue weighted by Gasteiger charge is -2.39. The maximum atomic E-state index is 13.9. The van der Waals surface area contributed by atoms with Crippen LogP contribution in [0.3, 0.4) is 0 Å². The van der Waals surface area contributed by atoms with Crippen molar-refractivity contribution in [1.29, 1.82) is 0 Å². The van der Waals surface area contributed by atoms with E-state index in [1.54, 1.807) is 0 Å². The minimum atomic E-state index is -4.95. The van der Waals surface area contributed by atoms with Crippen molar-refractivity contribution in [3.8, 4) is 0 Å². The number of hydroxylamine groups is 1. The third-order valence-electron chi connectivity index (χ3n) is 8.42. The molecule has 0 unspecified atom stereocenters. The van der Waals surface area contributed by atoms with Crippen LogP contribution in [-0.4, -0.2) is 90.6 Å². The first-order valence-electron chi connectivity index (χ1n) is 15.6. The summed E-state index contributed by atoms with van der Waals surface area (Å²) in [6, 6.07) is 0.0531. The van der Waals surface area contributed by atoms with Crippen molar-refractivity contribution in [3.05, 3.63) is 40.1 Å². The normalized spacial score (nSPS) is 17.9. The highest BCUT2D eigenvalue weighted by Crippen LogP contribution is 2.41. The van der Waals surface area contributed by atoms with Gasteiger partial charge < -0.3 is 15.0 Å². The topological polar surface area (TPSA) is 127 Å². The van der Waals surface area contributed by atoms with Crippen molar-refractivity contribution in [2.24, 2.45) is 5.41 Å². The monoisotopic (exact) mass is 708 g/mol. The number of carbonyl (C=O) groups excluding carboxylic acids is 1. The van der Waals surface area contributed by atoms with Crippen molar-refractivity contribution in [2.75, 3.05) is 56.2 Å². The summed E-state index contributed by atoms with van der Waals surface area (Å²) in [5, 5.41) is 6.44. The number of hydrogen-bond donors (Lipinski definition) is 2. The molecule has 0 saturated carbocycles. The highest BCUT2D eigenvalue weighted by molar-refractivity contribution is 6.76. The van der Waals surface area contributed by atoms with E-state index in [9.17, 15) is 35.9 Å². The van der Waals surface area contributed by atoms with Crippen LogP contribution in [0.5, 0.6) is 0 Å². The zero-order valence-electron chi connectivity index (χ0n) is 27.4. The van der Waals surface area contributed by atoms with E-state index in [1.165, 1.54) is 6.92 Å².